The standard InChI is InChI=1S/C12H11ClO2/c13-10-6-2-1-4-8(10)9-5-3-7-11(14)12(9)15/h1-2,4,6,15H,3,5,7H2. The lowest BCUT2D eigenvalue weighted by Crippen LogP contribution is -2.10. The Bertz CT molecular complexity index is 435. The molecule has 1 aromatic carbocycles. The Hall–Kier alpha value is -1.28. The number of hydrogen-bond donors (Lipinski definition) is 1. The quantitative estimate of drug-likeness (QED) is 0.791. The van der Waals surface area contributed by atoms with Crippen LogP contribution in [0.2, 0.25) is 5.02 Å². The van der Waals surface area contributed by atoms with Crippen molar-refractivity contribution in [2.24, 2.45) is 0 Å². The molecule has 0 bridgehead atoms. The molecule has 78 valence electrons. The average molecular weight is 223 g/mol. The highest BCUT2D eigenvalue weighted by molar-refractivity contribution is 6.32. The maximum absolute atomic E-state index is 11.3. The molecular formula is C12H11ClO2. The van der Waals surface area contributed by atoms with Gasteiger partial charge in [-0.05, 0) is 18.9 Å². The van der Waals surface area contributed by atoms with Crippen LogP contribution in [0.15, 0.2) is 30.0 Å². The van der Waals surface area contributed by atoms with Gasteiger partial charge in [0.15, 0.2) is 11.5 Å². The highest BCUT2D eigenvalue weighted by Gasteiger charge is 2.21. The van der Waals surface area contributed by atoms with Crippen molar-refractivity contribution in [2.45, 2.75) is 19.3 Å². The minimum Gasteiger partial charge on any atom is -0.504 e. The number of allylic oxidation sites excluding steroid dienone is 2. The third-order valence-corrected chi connectivity index (χ3v) is 2.91. The molecule has 1 aliphatic carbocycles. The highest BCUT2D eigenvalue weighted by Crippen LogP contribution is 2.32. The molecule has 0 fully saturated rings. The zero-order valence-corrected chi connectivity index (χ0v) is 8.92. The van der Waals surface area contributed by atoms with Crippen molar-refractivity contribution >= 4 is 23.0 Å². The lowest BCUT2D eigenvalue weighted by atomic mass is 9.91. The molecule has 0 spiro atoms. The molecule has 0 saturated heterocycles. The molecule has 2 nitrogen and oxygen atoms in total. The minimum atomic E-state index is -0.184. The number of aliphatic hydroxyl groups is 1. The molecule has 0 atom stereocenters. The van der Waals surface area contributed by atoms with Crippen LogP contribution in [-0.2, 0) is 4.79 Å². The van der Waals surface area contributed by atoms with Crippen LogP contribution in [0, 0.1) is 0 Å². The van der Waals surface area contributed by atoms with Gasteiger partial charge in [0, 0.05) is 22.6 Å². The zero-order chi connectivity index (χ0) is 10.8. The van der Waals surface area contributed by atoms with E-state index in [0.29, 0.717) is 23.4 Å². The number of carbonyl (C=O) groups excluding carboxylic acids is 1. The summed E-state index contributed by atoms with van der Waals surface area (Å²) in [6.07, 6.45) is 1.92. The van der Waals surface area contributed by atoms with Crippen molar-refractivity contribution in [2.75, 3.05) is 0 Å². The SMILES string of the molecule is O=C1CCCC(c2ccccc2Cl)=C1O. The van der Waals surface area contributed by atoms with Crippen molar-refractivity contribution < 1.29 is 9.90 Å². The molecule has 0 saturated carbocycles. The molecule has 1 aromatic rings. The lowest BCUT2D eigenvalue weighted by Gasteiger charge is -2.16. The van der Waals surface area contributed by atoms with Crippen LogP contribution in [0.4, 0.5) is 0 Å². The second kappa shape index (κ2) is 4.07. The second-order valence-electron chi connectivity index (χ2n) is 3.58. The first-order valence-electron chi connectivity index (χ1n) is 4.90. The van der Waals surface area contributed by atoms with Crippen LogP contribution in [0.25, 0.3) is 5.57 Å². The zero-order valence-electron chi connectivity index (χ0n) is 8.16. The maximum atomic E-state index is 11.3. The summed E-state index contributed by atoms with van der Waals surface area (Å²) in [7, 11) is 0. The van der Waals surface area contributed by atoms with E-state index in [4.69, 9.17) is 11.6 Å². The fraction of sp³-hybridized carbons (Fsp3) is 0.250. The van der Waals surface area contributed by atoms with Gasteiger partial charge in [-0.15, -0.1) is 0 Å². The Morgan fingerprint density at radius 3 is 2.67 bits per heavy atom. The Balaban J connectivity index is 2.51. The number of Topliss-reactive ketones (excluding diaryl/α,β-unsaturated/α-hetero) is 1. The molecule has 15 heavy (non-hydrogen) atoms. The first-order valence-corrected chi connectivity index (χ1v) is 5.28. The van der Waals surface area contributed by atoms with Crippen LogP contribution in [-0.4, -0.2) is 10.9 Å². The Morgan fingerprint density at radius 1 is 1.20 bits per heavy atom. The fourth-order valence-electron chi connectivity index (χ4n) is 1.80. The summed E-state index contributed by atoms with van der Waals surface area (Å²) < 4.78 is 0. The predicted octanol–water partition coefficient (Wildman–Crippen LogP) is 3.36. The van der Waals surface area contributed by atoms with E-state index in [1.54, 1.807) is 6.07 Å². The number of ketones is 1. The Morgan fingerprint density at radius 2 is 1.93 bits per heavy atom. The number of hydrogen-bond acceptors (Lipinski definition) is 2. The van der Waals surface area contributed by atoms with E-state index in [9.17, 15) is 9.90 Å². The van der Waals surface area contributed by atoms with Crippen molar-refractivity contribution in [3.63, 3.8) is 0 Å². The van der Waals surface area contributed by atoms with Crippen molar-refractivity contribution in [1.82, 2.24) is 0 Å². The van der Waals surface area contributed by atoms with Gasteiger partial charge in [-0.1, -0.05) is 29.8 Å². The third-order valence-electron chi connectivity index (χ3n) is 2.58. The summed E-state index contributed by atoms with van der Waals surface area (Å²) in [5, 5.41) is 10.3. The summed E-state index contributed by atoms with van der Waals surface area (Å²) >= 11 is 6.01. The van der Waals surface area contributed by atoms with Crippen LogP contribution in [0.3, 0.4) is 0 Å². The van der Waals surface area contributed by atoms with Gasteiger partial charge in [-0.25, -0.2) is 0 Å². The summed E-state index contributed by atoms with van der Waals surface area (Å²) in [4.78, 5) is 11.3. The van der Waals surface area contributed by atoms with Crippen LogP contribution < -0.4 is 0 Å². The van der Waals surface area contributed by atoms with E-state index in [2.05, 4.69) is 0 Å². The van der Waals surface area contributed by atoms with Gasteiger partial charge >= 0.3 is 0 Å². The molecule has 1 N–H and O–H groups in total. The minimum absolute atomic E-state index is 0.116. The number of carbonyl (C=O) groups is 1. The molecule has 2 rings (SSSR count). The molecule has 0 radical (unpaired) electrons. The summed E-state index contributed by atoms with van der Waals surface area (Å²) in [6.45, 7) is 0. The van der Waals surface area contributed by atoms with Gasteiger partial charge < -0.3 is 5.11 Å². The van der Waals surface area contributed by atoms with E-state index < -0.39 is 0 Å². The Kier molecular flexibility index (Phi) is 2.78. The first kappa shape index (κ1) is 10.2. The molecule has 1 aliphatic rings. The number of aliphatic hydroxyl groups excluding tert-OH is 1. The molecule has 0 amide bonds. The van der Waals surface area contributed by atoms with Gasteiger partial charge in [0.05, 0.1) is 0 Å². The van der Waals surface area contributed by atoms with Gasteiger partial charge in [0.2, 0.25) is 0 Å². The molecule has 0 aliphatic heterocycles. The van der Waals surface area contributed by atoms with Crippen LogP contribution >= 0.6 is 11.6 Å². The van der Waals surface area contributed by atoms with Crippen LogP contribution in [0.1, 0.15) is 24.8 Å². The van der Waals surface area contributed by atoms with Gasteiger partial charge in [0.25, 0.3) is 0 Å². The van der Waals surface area contributed by atoms with Gasteiger partial charge in [0.1, 0.15) is 0 Å². The van der Waals surface area contributed by atoms with E-state index >= 15 is 0 Å². The van der Waals surface area contributed by atoms with E-state index in [1.807, 2.05) is 18.2 Å². The molecule has 0 aromatic heterocycles. The Labute approximate surface area is 93.2 Å². The maximum Gasteiger partial charge on any atom is 0.197 e. The number of halogens is 1. The first-order chi connectivity index (χ1) is 7.20. The van der Waals surface area contributed by atoms with Gasteiger partial charge in [-0.3, -0.25) is 4.79 Å². The van der Waals surface area contributed by atoms with Crippen LogP contribution in [0.5, 0.6) is 0 Å². The average Bonchev–Trinajstić information content (AvgIpc) is 2.23. The van der Waals surface area contributed by atoms with E-state index in [0.717, 1.165) is 12.0 Å². The largest absolute Gasteiger partial charge is 0.504 e. The molecule has 0 heterocycles. The van der Waals surface area contributed by atoms with Crippen molar-refractivity contribution in [1.29, 1.82) is 0 Å². The van der Waals surface area contributed by atoms with E-state index in [-0.39, 0.29) is 11.5 Å². The second-order valence-corrected chi connectivity index (χ2v) is 3.99. The monoisotopic (exact) mass is 222 g/mol. The molecule has 0 unspecified atom stereocenters. The number of rotatable bonds is 1. The summed E-state index contributed by atoms with van der Waals surface area (Å²) in [5.74, 6) is -0.300. The van der Waals surface area contributed by atoms with Gasteiger partial charge in [-0.2, -0.15) is 0 Å². The highest BCUT2D eigenvalue weighted by atomic mass is 35.5. The molecule has 3 heteroatoms. The van der Waals surface area contributed by atoms with E-state index in [1.165, 1.54) is 0 Å². The fourth-order valence-corrected chi connectivity index (χ4v) is 2.05. The third kappa shape index (κ3) is 1.90. The van der Waals surface area contributed by atoms with Crippen molar-refractivity contribution in [3.05, 3.63) is 40.6 Å². The smallest absolute Gasteiger partial charge is 0.197 e. The van der Waals surface area contributed by atoms with Crippen molar-refractivity contribution in [3.8, 4) is 0 Å². The topological polar surface area (TPSA) is 37.3 Å². The number of benzene rings is 1. The lowest BCUT2D eigenvalue weighted by molar-refractivity contribution is -0.118. The molecular weight excluding hydrogens is 212 g/mol. The summed E-state index contributed by atoms with van der Waals surface area (Å²) in [5.41, 5.74) is 1.45. The summed E-state index contributed by atoms with van der Waals surface area (Å²) in [6, 6.07) is 7.26. The normalized spacial score (nSPS) is 17.0. The predicted molar refractivity (Wildman–Crippen MR) is 59.9 cm³/mol.